The highest BCUT2D eigenvalue weighted by molar-refractivity contribution is 7.22. The highest BCUT2D eigenvalue weighted by atomic mass is 32.1. The molecule has 8 heteroatoms. The Labute approximate surface area is 126 Å². The number of likely N-dealkylation sites (N-methyl/N-ethyl adjacent to an activating group) is 2. The molecule has 0 aliphatic carbocycles. The van der Waals surface area contributed by atoms with Crippen LogP contribution in [0.4, 0.5) is 10.8 Å². The summed E-state index contributed by atoms with van der Waals surface area (Å²) in [4.78, 5) is 29.0. The van der Waals surface area contributed by atoms with Crippen LogP contribution in [0.3, 0.4) is 0 Å². The van der Waals surface area contributed by atoms with Gasteiger partial charge in [0.15, 0.2) is 5.13 Å². The van der Waals surface area contributed by atoms with Gasteiger partial charge in [-0.2, -0.15) is 0 Å². The number of thiazole rings is 1. The van der Waals surface area contributed by atoms with E-state index < -0.39 is 0 Å². The van der Waals surface area contributed by atoms with Gasteiger partial charge in [-0.1, -0.05) is 11.3 Å². The largest absolute Gasteiger partial charge is 0.399 e. The van der Waals surface area contributed by atoms with Gasteiger partial charge in [-0.3, -0.25) is 14.5 Å². The number of fused-ring (bicyclic) bond motifs is 1. The van der Waals surface area contributed by atoms with Gasteiger partial charge in [0.05, 0.1) is 23.3 Å². The second kappa shape index (κ2) is 6.51. The smallest absolute Gasteiger partial charge is 0.240 e. The van der Waals surface area contributed by atoms with E-state index in [-0.39, 0.29) is 24.9 Å². The number of carbonyl (C=O) groups is 2. The molecule has 0 bridgehead atoms. The third-order valence-electron chi connectivity index (χ3n) is 2.76. The number of aromatic nitrogens is 1. The second-order valence-corrected chi connectivity index (χ2v) is 5.67. The Kier molecular flexibility index (Phi) is 4.71. The van der Waals surface area contributed by atoms with E-state index in [1.807, 2.05) is 12.1 Å². The summed E-state index contributed by atoms with van der Waals surface area (Å²) in [7, 11) is 3.26. The summed E-state index contributed by atoms with van der Waals surface area (Å²) >= 11 is 1.36. The number of amides is 2. The molecule has 0 fully saturated rings. The lowest BCUT2D eigenvalue weighted by Crippen LogP contribution is -2.37. The molecule has 2 rings (SSSR count). The standard InChI is InChI=1S/C13H17N5O2S/c1-15-11(19)6-18(2)7-12(20)17-13-16-9-4-3-8(14)5-10(9)21-13/h3-5H,6-7,14H2,1-2H3,(H,15,19)(H,16,17,20). The molecule has 0 radical (unpaired) electrons. The number of rotatable bonds is 5. The summed E-state index contributed by atoms with van der Waals surface area (Å²) in [6.07, 6.45) is 0. The van der Waals surface area contributed by atoms with Crippen molar-refractivity contribution in [2.24, 2.45) is 0 Å². The van der Waals surface area contributed by atoms with Crippen molar-refractivity contribution in [1.29, 1.82) is 0 Å². The summed E-state index contributed by atoms with van der Waals surface area (Å²) < 4.78 is 0.920. The van der Waals surface area contributed by atoms with Crippen LogP contribution in [-0.4, -0.2) is 48.9 Å². The number of nitrogens with zero attached hydrogens (tertiary/aromatic N) is 2. The minimum absolute atomic E-state index is 0.117. The number of nitrogen functional groups attached to an aromatic ring is 1. The molecule has 0 atom stereocenters. The number of hydrogen-bond donors (Lipinski definition) is 3. The summed E-state index contributed by atoms with van der Waals surface area (Å²) in [6, 6.07) is 5.40. The van der Waals surface area contributed by atoms with Gasteiger partial charge in [-0.05, 0) is 25.2 Å². The number of benzene rings is 1. The average Bonchev–Trinajstić information content (AvgIpc) is 2.79. The van der Waals surface area contributed by atoms with E-state index in [1.54, 1.807) is 25.1 Å². The minimum atomic E-state index is -0.214. The van der Waals surface area contributed by atoms with Crippen LogP contribution in [0.25, 0.3) is 10.2 Å². The second-order valence-electron chi connectivity index (χ2n) is 4.64. The fourth-order valence-corrected chi connectivity index (χ4v) is 2.71. The third-order valence-corrected chi connectivity index (χ3v) is 3.70. The highest BCUT2D eigenvalue weighted by Crippen LogP contribution is 2.27. The average molecular weight is 307 g/mol. The fourth-order valence-electron chi connectivity index (χ4n) is 1.78. The van der Waals surface area contributed by atoms with Gasteiger partial charge in [0.2, 0.25) is 11.8 Å². The van der Waals surface area contributed by atoms with Gasteiger partial charge in [0.25, 0.3) is 0 Å². The summed E-state index contributed by atoms with van der Waals surface area (Å²) in [5.74, 6) is -0.353. The van der Waals surface area contributed by atoms with Crippen molar-refractivity contribution >= 4 is 44.2 Å². The SMILES string of the molecule is CNC(=O)CN(C)CC(=O)Nc1nc2ccc(N)cc2s1. The Balaban J connectivity index is 1.96. The van der Waals surface area contributed by atoms with Crippen molar-refractivity contribution in [2.45, 2.75) is 0 Å². The lowest BCUT2D eigenvalue weighted by molar-refractivity contribution is -0.122. The molecule has 1 aromatic carbocycles. The van der Waals surface area contributed by atoms with Crippen LogP contribution in [0.5, 0.6) is 0 Å². The first kappa shape index (κ1) is 15.2. The summed E-state index contributed by atoms with van der Waals surface area (Å²) in [5, 5.41) is 5.76. The molecule has 1 heterocycles. The Morgan fingerprint density at radius 2 is 2.05 bits per heavy atom. The Hall–Kier alpha value is -2.19. The molecule has 0 aliphatic heterocycles. The predicted octanol–water partition coefficient (Wildman–Crippen LogP) is 0.495. The molecule has 2 aromatic rings. The number of carbonyl (C=O) groups excluding carboxylic acids is 2. The van der Waals surface area contributed by atoms with E-state index >= 15 is 0 Å². The highest BCUT2D eigenvalue weighted by Gasteiger charge is 2.12. The first-order valence-corrected chi connectivity index (χ1v) is 7.14. The van der Waals surface area contributed by atoms with Crippen LogP contribution in [0.15, 0.2) is 18.2 Å². The lowest BCUT2D eigenvalue weighted by Gasteiger charge is -2.14. The number of nitrogens with two attached hydrogens (primary N) is 1. The van der Waals surface area contributed by atoms with Gasteiger partial charge in [-0.15, -0.1) is 0 Å². The maximum Gasteiger partial charge on any atom is 0.240 e. The van der Waals surface area contributed by atoms with Gasteiger partial charge < -0.3 is 16.4 Å². The quantitative estimate of drug-likeness (QED) is 0.698. The molecule has 112 valence electrons. The Morgan fingerprint density at radius 3 is 2.76 bits per heavy atom. The lowest BCUT2D eigenvalue weighted by atomic mass is 10.3. The van der Waals surface area contributed by atoms with Crippen molar-refractivity contribution in [2.75, 3.05) is 38.2 Å². The minimum Gasteiger partial charge on any atom is -0.399 e. The maximum atomic E-state index is 11.9. The monoisotopic (exact) mass is 307 g/mol. The van der Waals surface area contributed by atoms with Crippen LogP contribution >= 0.6 is 11.3 Å². The van der Waals surface area contributed by atoms with Crippen LogP contribution in [-0.2, 0) is 9.59 Å². The molecular formula is C13H17N5O2S. The zero-order chi connectivity index (χ0) is 15.4. The van der Waals surface area contributed by atoms with E-state index in [9.17, 15) is 9.59 Å². The molecule has 0 unspecified atom stereocenters. The first-order chi connectivity index (χ1) is 9.97. The van der Waals surface area contributed by atoms with E-state index in [0.717, 1.165) is 10.2 Å². The topological polar surface area (TPSA) is 100 Å². The maximum absolute atomic E-state index is 11.9. The van der Waals surface area contributed by atoms with E-state index in [0.29, 0.717) is 10.8 Å². The summed E-state index contributed by atoms with van der Waals surface area (Å²) in [5.41, 5.74) is 7.16. The molecule has 0 spiro atoms. The zero-order valence-electron chi connectivity index (χ0n) is 11.8. The molecule has 1 aromatic heterocycles. The Morgan fingerprint density at radius 1 is 1.33 bits per heavy atom. The van der Waals surface area contributed by atoms with Crippen molar-refractivity contribution in [3.05, 3.63) is 18.2 Å². The predicted molar refractivity (Wildman–Crippen MR) is 84.2 cm³/mol. The van der Waals surface area contributed by atoms with E-state index in [1.165, 1.54) is 11.3 Å². The van der Waals surface area contributed by atoms with Crippen molar-refractivity contribution in [1.82, 2.24) is 15.2 Å². The third kappa shape index (κ3) is 4.14. The molecule has 4 N–H and O–H groups in total. The van der Waals surface area contributed by atoms with Gasteiger partial charge in [0, 0.05) is 12.7 Å². The van der Waals surface area contributed by atoms with Crippen molar-refractivity contribution < 1.29 is 9.59 Å². The number of hydrogen-bond acceptors (Lipinski definition) is 6. The molecule has 0 saturated carbocycles. The Bertz CT molecular complexity index is 670. The van der Waals surface area contributed by atoms with Crippen LogP contribution in [0.2, 0.25) is 0 Å². The van der Waals surface area contributed by atoms with Crippen LogP contribution < -0.4 is 16.4 Å². The summed E-state index contributed by atoms with van der Waals surface area (Å²) in [6.45, 7) is 0.284. The van der Waals surface area contributed by atoms with Crippen LogP contribution in [0.1, 0.15) is 0 Å². The molecule has 21 heavy (non-hydrogen) atoms. The number of nitrogens with one attached hydrogen (secondary N) is 2. The van der Waals surface area contributed by atoms with Crippen molar-refractivity contribution in [3.8, 4) is 0 Å². The molecule has 2 amide bonds. The first-order valence-electron chi connectivity index (χ1n) is 6.33. The van der Waals surface area contributed by atoms with Gasteiger partial charge in [-0.25, -0.2) is 4.98 Å². The molecule has 0 aliphatic rings. The number of anilines is 2. The molecule has 7 nitrogen and oxygen atoms in total. The van der Waals surface area contributed by atoms with Crippen molar-refractivity contribution in [3.63, 3.8) is 0 Å². The van der Waals surface area contributed by atoms with Gasteiger partial charge >= 0.3 is 0 Å². The van der Waals surface area contributed by atoms with Crippen LogP contribution in [0, 0.1) is 0 Å². The fraction of sp³-hybridized carbons (Fsp3) is 0.308. The van der Waals surface area contributed by atoms with E-state index in [2.05, 4.69) is 15.6 Å². The van der Waals surface area contributed by atoms with Gasteiger partial charge in [0.1, 0.15) is 0 Å². The van der Waals surface area contributed by atoms with E-state index in [4.69, 9.17) is 5.73 Å². The molecule has 0 saturated heterocycles. The normalized spacial score (nSPS) is 10.8. The molecular weight excluding hydrogens is 290 g/mol. The zero-order valence-corrected chi connectivity index (χ0v) is 12.7.